The fourth-order valence-electron chi connectivity index (χ4n) is 6.38. The van der Waals surface area contributed by atoms with Crippen LogP contribution in [0.2, 0.25) is 0 Å². The van der Waals surface area contributed by atoms with E-state index in [0.29, 0.717) is 13.0 Å². The summed E-state index contributed by atoms with van der Waals surface area (Å²) < 4.78 is 5.08. The van der Waals surface area contributed by atoms with E-state index < -0.39 is 5.97 Å². The van der Waals surface area contributed by atoms with Gasteiger partial charge in [0.25, 0.3) is 0 Å². The molecule has 40 heavy (non-hydrogen) atoms. The number of carboxylic acid groups (broad SMARTS) is 1. The Morgan fingerprint density at radius 3 is 1.18 bits per heavy atom. The average Bonchev–Trinajstić information content (AvgIpc) is 2.94. The third-order valence-electron chi connectivity index (χ3n) is 8.94. The molecular weight excluding hydrogens is 496 g/mol. The standard InChI is InChI=1S/C36H72O4/c1-3-5-7-9-11-15-21-27-34(29-23-17-13-19-25-31-36(38)39)35(28-22-16-12-10-8-6-4-2)30-24-18-14-20-26-32-40-33-37/h34-35,37H,3-33H2,1-2H3,(H,38,39). The summed E-state index contributed by atoms with van der Waals surface area (Å²) in [7, 11) is 0. The molecule has 0 aliphatic carbocycles. The Hall–Kier alpha value is -0.610. The molecule has 2 N–H and O–H groups in total. The summed E-state index contributed by atoms with van der Waals surface area (Å²) in [6.07, 6.45) is 37.5. The van der Waals surface area contributed by atoms with Gasteiger partial charge >= 0.3 is 5.97 Å². The molecule has 2 atom stereocenters. The Labute approximate surface area is 250 Å². The van der Waals surface area contributed by atoms with E-state index in [4.69, 9.17) is 14.9 Å². The molecule has 0 saturated heterocycles. The molecule has 0 bridgehead atoms. The molecule has 0 saturated carbocycles. The van der Waals surface area contributed by atoms with Gasteiger partial charge in [0.15, 0.2) is 0 Å². The lowest BCUT2D eigenvalue weighted by atomic mass is 9.78. The highest BCUT2D eigenvalue weighted by Gasteiger charge is 2.20. The van der Waals surface area contributed by atoms with E-state index in [1.54, 1.807) is 0 Å². The molecule has 0 rings (SSSR count). The van der Waals surface area contributed by atoms with Crippen molar-refractivity contribution in [1.29, 1.82) is 0 Å². The monoisotopic (exact) mass is 569 g/mol. The largest absolute Gasteiger partial charge is 0.481 e. The van der Waals surface area contributed by atoms with Gasteiger partial charge in [-0.1, -0.05) is 181 Å². The van der Waals surface area contributed by atoms with Gasteiger partial charge in [0.05, 0.1) is 0 Å². The van der Waals surface area contributed by atoms with Crippen LogP contribution in [-0.4, -0.2) is 29.6 Å². The molecule has 0 fully saturated rings. The quantitative estimate of drug-likeness (QED) is 0.0598. The van der Waals surface area contributed by atoms with Crippen molar-refractivity contribution >= 4 is 5.97 Å². The first-order valence-electron chi connectivity index (χ1n) is 18.1. The molecule has 4 nitrogen and oxygen atoms in total. The van der Waals surface area contributed by atoms with Crippen LogP contribution in [0.15, 0.2) is 0 Å². The summed E-state index contributed by atoms with van der Waals surface area (Å²) in [5.41, 5.74) is 0. The van der Waals surface area contributed by atoms with Crippen molar-refractivity contribution in [3.8, 4) is 0 Å². The molecular formula is C36H72O4. The minimum absolute atomic E-state index is 0.150. The minimum atomic E-state index is -0.651. The number of carbonyl (C=O) groups is 1. The number of aliphatic hydroxyl groups excluding tert-OH is 1. The van der Waals surface area contributed by atoms with Crippen LogP contribution in [0.25, 0.3) is 0 Å². The molecule has 0 aromatic heterocycles. The summed E-state index contributed by atoms with van der Waals surface area (Å²) in [5.74, 6) is 1.12. The first-order chi connectivity index (χ1) is 19.7. The number of rotatable bonds is 34. The van der Waals surface area contributed by atoms with Gasteiger partial charge in [-0.05, 0) is 24.7 Å². The van der Waals surface area contributed by atoms with E-state index in [1.165, 1.54) is 161 Å². The Morgan fingerprint density at radius 1 is 0.500 bits per heavy atom. The van der Waals surface area contributed by atoms with Gasteiger partial charge in [-0.2, -0.15) is 0 Å². The SMILES string of the molecule is CCCCCCCCCC(CCCCCCCOCO)C(CCCCCCCCC)CCCCCCCC(=O)O. The number of hydrogen-bond donors (Lipinski definition) is 2. The van der Waals surface area contributed by atoms with Gasteiger partial charge < -0.3 is 14.9 Å². The highest BCUT2D eigenvalue weighted by molar-refractivity contribution is 5.66. The number of aliphatic hydroxyl groups is 1. The van der Waals surface area contributed by atoms with Crippen LogP contribution in [0.5, 0.6) is 0 Å². The smallest absolute Gasteiger partial charge is 0.303 e. The van der Waals surface area contributed by atoms with Crippen molar-refractivity contribution in [2.75, 3.05) is 13.4 Å². The lowest BCUT2D eigenvalue weighted by Crippen LogP contribution is -2.16. The number of aliphatic carboxylic acids is 1. The normalized spacial score (nSPS) is 13.1. The first-order valence-corrected chi connectivity index (χ1v) is 18.1. The van der Waals surface area contributed by atoms with Gasteiger partial charge in [0.2, 0.25) is 0 Å². The topological polar surface area (TPSA) is 66.8 Å². The number of unbranched alkanes of at least 4 members (excludes halogenated alkanes) is 20. The number of hydrogen-bond acceptors (Lipinski definition) is 3. The Kier molecular flexibility index (Phi) is 32.4. The van der Waals surface area contributed by atoms with Gasteiger partial charge in [-0.3, -0.25) is 4.79 Å². The molecule has 0 radical (unpaired) electrons. The lowest BCUT2D eigenvalue weighted by Gasteiger charge is -2.28. The highest BCUT2D eigenvalue weighted by atomic mass is 16.6. The molecule has 0 spiro atoms. The summed E-state index contributed by atoms with van der Waals surface area (Å²) in [6, 6.07) is 0. The molecule has 2 unspecified atom stereocenters. The first kappa shape index (κ1) is 39.4. The molecule has 4 heteroatoms. The van der Waals surface area contributed by atoms with E-state index in [0.717, 1.165) is 31.1 Å². The third kappa shape index (κ3) is 28.9. The maximum atomic E-state index is 10.8. The third-order valence-corrected chi connectivity index (χ3v) is 8.94. The van der Waals surface area contributed by atoms with Crippen LogP contribution < -0.4 is 0 Å². The predicted molar refractivity (Wildman–Crippen MR) is 173 cm³/mol. The minimum Gasteiger partial charge on any atom is -0.481 e. The second-order valence-corrected chi connectivity index (χ2v) is 12.6. The Bertz CT molecular complexity index is 495. The maximum Gasteiger partial charge on any atom is 0.303 e. The van der Waals surface area contributed by atoms with Crippen LogP contribution in [0.4, 0.5) is 0 Å². The number of carboxylic acids is 1. The zero-order valence-corrected chi connectivity index (χ0v) is 27.3. The van der Waals surface area contributed by atoms with Crippen molar-refractivity contribution in [3.05, 3.63) is 0 Å². The van der Waals surface area contributed by atoms with Crippen LogP contribution in [0.1, 0.15) is 200 Å². The summed E-state index contributed by atoms with van der Waals surface area (Å²) in [5, 5.41) is 17.7. The Morgan fingerprint density at radius 2 is 0.825 bits per heavy atom. The van der Waals surface area contributed by atoms with Crippen LogP contribution in [0, 0.1) is 11.8 Å². The summed E-state index contributed by atoms with van der Waals surface area (Å²) in [6.45, 7) is 5.14. The van der Waals surface area contributed by atoms with Gasteiger partial charge in [0, 0.05) is 13.0 Å². The van der Waals surface area contributed by atoms with Crippen LogP contribution in [-0.2, 0) is 9.53 Å². The molecule has 240 valence electrons. The lowest BCUT2D eigenvalue weighted by molar-refractivity contribution is -0.137. The molecule has 0 amide bonds. The van der Waals surface area contributed by atoms with E-state index in [1.807, 2.05) is 0 Å². The van der Waals surface area contributed by atoms with E-state index in [-0.39, 0.29) is 6.79 Å². The molecule has 0 aliphatic rings. The molecule has 0 aromatic rings. The van der Waals surface area contributed by atoms with E-state index >= 15 is 0 Å². The zero-order valence-electron chi connectivity index (χ0n) is 27.3. The van der Waals surface area contributed by atoms with Gasteiger partial charge in [0.1, 0.15) is 6.79 Å². The van der Waals surface area contributed by atoms with E-state index in [2.05, 4.69) is 13.8 Å². The second-order valence-electron chi connectivity index (χ2n) is 12.6. The predicted octanol–water partition coefficient (Wildman–Crippen LogP) is 11.6. The summed E-state index contributed by atoms with van der Waals surface area (Å²) >= 11 is 0. The van der Waals surface area contributed by atoms with Crippen LogP contribution in [0.3, 0.4) is 0 Å². The maximum absolute atomic E-state index is 10.8. The van der Waals surface area contributed by atoms with Crippen LogP contribution >= 0.6 is 0 Å². The molecule has 0 aromatic carbocycles. The van der Waals surface area contributed by atoms with Gasteiger partial charge in [-0.25, -0.2) is 0 Å². The average molecular weight is 569 g/mol. The fraction of sp³-hybridized carbons (Fsp3) is 0.972. The van der Waals surface area contributed by atoms with E-state index in [9.17, 15) is 4.79 Å². The van der Waals surface area contributed by atoms with Gasteiger partial charge in [-0.15, -0.1) is 0 Å². The molecule has 0 heterocycles. The zero-order chi connectivity index (χ0) is 29.4. The highest BCUT2D eigenvalue weighted by Crippen LogP contribution is 2.33. The van der Waals surface area contributed by atoms with Crippen molar-refractivity contribution < 1.29 is 19.7 Å². The summed E-state index contributed by atoms with van der Waals surface area (Å²) in [4.78, 5) is 10.8. The van der Waals surface area contributed by atoms with Crippen molar-refractivity contribution in [1.82, 2.24) is 0 Å². The second kappa shape index (κ2) is 32.9. The Balaban J connectivity index is 4.75. The molecule has 0 aliphatic heterocycles. The van der Waals surface area contributed by atoms with Crippen molar-refractivity contribution in [3.63, 3.8) is 0 Å². The van der Waals surface area contributed by atoms with Crippen molar-refractivity contribution in [2.45, 2.75) is 200 Å². The fourth-order valence-corrected chi connectivity index (χ4v) is 6.38. The van der Waals surface area contributed by atoms with Crippen molar-refractivity contribution in [2.24, 2.45) is 11.8 Å². The number of ether oxygens (including phenoxy) is 1.